The number of aliphatic hydroxyl groups is 2. The summed E-state index contributed by atoms with van der Waals surface area (Å²) in [6, 6.07) is 0. The van der Waals surface area contributed by atoms with E-state index in [1.807, 2.05) is 6.92 Å². The molecule has 0 amide bonds. The molecule has 0 rings (SSSR count). The summed E-state index contributed by atoms with van der Waals surface area (Å²) < 4.78 is 5.07. The molecule has 2 N–H and O–H groups in total. The minimum atomic E-state index is -0.125. The molecule has 0 aliphatic carbocycles. The molecule has 0 aliphatic heterocycles. The third kappa shape index (κ3) is 50.4. The largest absolute Gasteiger partial charge is 0.394 e. The molecular weight excluding hydrogens is 168 g/mol. The average Bonchev–Trinajstić information content (AvgIpc) is 2.22. The van der Waals surface area contributed by atoms with Crippen molar-refractivity contribution >= 4 is 0 Å². The number of hydrogen-bond donors (Lipinski definition) is 2. The van der Waals surface area contributed by atoms with Crippen LogP contribution in [-0.4, -0.2) is 36.6 Å². The normalized spacial score (nSPS) is 7.69. The summed E-state index contributed by atoms with van der Waals surface area (Å²) >= 11 is 0. The molecule has 0 atom stereocenters. The van der Waals surface area contributed by atoms with Gasteiger partial charge in [0, 0.05) is 13.2 Å². The number of unbranched alkanes of at least 4 members (excludes halogenated alkanes) is 1. The fourth-order valence-corrected chi connectivity index (χ4v) is 0.391. The number of rotatable bonds is 5. The van der Waals surface area contributed by atoms with E-state index in [4.69, 9.17) is 14.9 Å². The predicted octanol–water partition coefficient (Wildman–Crippen LogP) is 1.60. The summed E-state index contributed by atoms with van der Waals surface area (Å²) in [7, 11) is 0. The van der Waals surface area contributed by atoms with Crippen molar-refractivity contribution in [3.63, 3.8) is 0 Å². The van der Waals surface area contributed by atoms with E-state index in [-0.39, 0.29) is 13.2 Å². The highest BCUT2D eigenvalue weighted by atomic mass is 16.5. The molecule has 3 nitrogen and oxygen atoms in total. The zero-order chi connectivity index (χ0) is 10.9. The zero-order valence-corrected chi connectivity index (χ0v) is 8.96. The van der Waals surface area contributed by atoms with Crippen molar-refractivity contribution in [2.75, 3.05) is 26.4 Å². The topological polar surface area (TPSA) is 49.7 Å². The Bertz CT molecular complexity index is 52.1. The van der Waals surface area contributed by atoms with Crippen LogP contribution < -0.4 is 0 Å². The lowest BCUT2D eigenvalue weighted by molar-refractivity contribution is 0.144. The van der Waals surface area contributed by atoms with Gasteiger partial charge in [-0.15, -0.1) is 13.2 Å². The summed E-state index contributed by atoms with van der Waals surface area (Å²) in [6.07, 6.45) is 2.44. The van der Waals surface area contributed by atoms with E-state index in [1.54, 1.807) is 0 Å². The van der Waals surface area contributed by atoms with Gasteiger partial charge in [-0.1, -0.05) is 13.3 Å². The Hall–Kier alpha value is -0.380. The van der Waals surface area contributed by atoms with Crippen LogP contribution in [-0.2, 0) is 4.74 Å². The quantitative estimate of drug-likeness (QED) is 0.514. The first-order valence-corrected chi connectivity index (χ1v) is 4.62. The van der Waals surface area contributed by atoms with Gasteiger partial charge in [0.15, 0.2) is 0 Å². The zero-order valence-electron chi connectivity index (χ0n) is 8.96. The van der Waals surface area contributed by atoms with Crippen molar-refractivity contribution in [2.45, 2.75) is 26.7 Å². The Labute approximate surface area is 82.0 Å². The SMILES string of the molecule is C=C.CCCCOCC.OCCO. The summed E-state index contributed by atoms with van der Waals surface area (Å²) in [6.45, 7) is 11.7. The standard InChI is InChI=1S/C6H14O.C2H6O2.C2H4/c1-3-5-6-7-4-2;3-1-2-4;1-2/h3-6H2,1-2H3;3-4H,1-2H2;1-2H2. The van der Waals surface area contributed by atoms with Crippen LogP contribution in [0.5, 0.6) is 0 Å². The van der Waals surface area contributed by atoms with Crippen LogP contribution in [0.1, 0.15) is 26.7 Å². The lowest BCUT2D eigenvalue weighted by Gasteiger charge is -1.94. The fourth-order valence-electron chi connectivity index (χ4n) is 0.391. The Kier molecular flexibility index (Phi) is 42.4. The fraction of sp³-hybridized carbons (Fsp3) is 0.800. The van der Waals surface area contributed by atoms with Crippen molar-refractivity contribution in [3.8, 4) is 0 Å². The van der Waals surface area contributed by atoms with Crippen LogP contribution in [0.4, 0.5) is 0 Å². The highest BCUT2D eigenvalue weighted by Gasteiger charge is 1.78. The average molecular weight is 192 g/mol. The molecule has 0 radical (unpaired) electrons. The summed E-state index contributed by atoms with van der Waals surface area (Å²) in [5, 5.41) is 15.2. The van der Waals surface area contributed by atoms with Gasteiger partial charge in [-0.3, -0.25) is 0 Å². The van der Waals surface area contributed by atoms with Crippen LogP contribution in [0.25, 0.3) is 0 Å². The molecular formula is C10H24O3. The van der Waals surface area contributed by atoms with Gasteiger partial charge in [-0.25, -0.2) is 0 Å². The third-order valence-corrected chi connectivity index (χ3v) is 0.946. The molecule has 0 unspecified atom stereocenters. The maximum absolute atomic E-state index is 7.62. The van der Waals surface area contributed by atoms with Gasteiger partial charge in [-0.2, -0.15) is 0 Å². The van der Waals surface area contributed by atoms with Crippen molar-refractivity contribution < 1.29 is 14.9 Å². The first-order chi connectivity index (χ1) is 6.33. The van der Waals surface area contributed by atoms with Gasteiger partial charge < -0.3 is 14.9 Å². The number of ether oxygens (including phenoxy) is 1. The smallest absolute Gasteiger partial charge is 0.0662 e. The van der Waals surface area contributed by atoms with Gasteiger partial charge in [-0.05, 0) is 13.3 Å². The second-order valence-electron chi connectivity index (χ2n) is 2.00. The highest BCUT2D eigenvalue weighted by molar-refractivity contribution is 4.28. The van der Waals surface area contributed by atoms with Crippen LogP contribution in [0.3, 0.4) is 0 Å². The Morgan fingerprint density at radius 1 is 1.08 bits per heavy atom. The number of aliphatic hydroxyl groups excluding tert-OH is 2. The van der Waals surface area contributed by atoms with Gasteiger partial charge in [0.25, 0.3) is 0 Å². The van der Waals surface area contributed by atoms with E-state index < -0.39 is 0 Å². The molecule has 0 heterocycles. The maximum Gasteiger partial charge on any atom is 0.0662 e. The molecule has 0 aromatic heterocycles. The molecule has 0 fully saturated rings. The molecule has 13 heavy (non-hydrogen) atoms. The second-order valence-corrected chi connectivity index (χ2v) is 2.00. The molecule has 0 saturated carbocycles. The molecule has 0 aliphatic rings. The van der Waals surface area contributed by atoms with Crippen LogP contribution in [0.2, 0.25) is 0 Å². The molecule has 0 aromatic rings. The summed E-state index contributed by atoms with van der Waals surface area (Å²) in [5.74, 6) is 0. The predicted molar refractivity (Wildman–Crippen MR) is 56.8 cm³/mol. The van der Waals surface area contributed by atoms with Gasteiger partial charge in [0.1, 0.15) is 0 Å². The van der Waals surface area contributed by atoms with Gasteiger partial charge >= 0.3 is 0 Å². The van der Waals surface area contributed by atoms with E-state index in [0.29, 0.717) is 0 Å². The lowest BCUT2D eigenvalue weighted by Crippen LogP contribution is -1.90. The molecule has 0 spiro atoms. The maximum atomic E-state index is 7.62. The van der Waals surface area contributed by atoms with Gasteiger partial charge in [0.2, 0.25) is 0 Å². The van der Waals surface area contributed by atoms with E-state index in [1.165, 1.54) is 12.8 Å². The lowest BCUT2D eigenvalue weighted by atomic mass is 10.4. The van der Waals surface area contributed by atoms with Gasteiger partial charge in [0.05, 0.1) is 13.2 Å². The molecule has 0 saturated heterocycles. The van der Waals surface area contributed by atoms with Crippen LogP contribution in [0.15, 0.2) is 13.2 Å². The second kappa shape index (κ2) is 29.9. The van der Waals surface area contributed by atoms with Crippen LogP contribution >= 0.6 is 0 Å². The molecule has 0 bridgehead atoms. The Morgan fingerprint density at radius 2 is 1.54 bits per heavy atom. The first-order valence-electron chi connectivity index (χ1n) is 4.62. The third-order valence-electron chi connectivity index (χ3n) is 0.946. The van der Waals surface area contributed by atoms with Crippen molar-refractivity contribution in [3.05, 3.63) is 13.2 Å². The minimum absolute atomic E-state index is 0.125. The Balaban J connectivity index is -0.000000142. The monoisotopic (exact) mass is 192 g/mol. The Morgan fingerprint density at radius 3 is 1.77 bits per heavy atom. The molecule has 3 heteroatoms. The minimum Gasteiger partial charge on any atom is -0.394 e. The van der Waals surface area contributed by atoms with Crippen molar-refractivity contribution in [1.82, 2.24) is 0 Å². The van der Waals surface area contributed by atoms with Crippen molar-refractivity contribution in [2.24, 2.45) is 0 Å². The van der Waals surface area contributed by atoms with Crippen LogP contribution in [0, 0.1) is 0 Å². The highest BCUT2D eigenvalue weighted by Crippen LogP contribution is 1.85. The van der Waals surface area contributed by atoms with E-state index in [9.17, 15) is 0 Å². The van der Waals surface area contributed by atoms with E-state index >= 15 is 0 Å². The summed E-state index contributed by atoms with van der Waals surface area (Å²) in [5.41, 5.74) is 0. The summed E-state index contributed by atoms with van der Waals surface area (Å²) in [4.78, 5) is 0. The van der Waals surface area contributed by atoms with E-state index in [0.717, 1.165) is 13.2 Å². The molecule has 0 aromatic carbocycles. The van der Waals surface area contributed by atoms with Crippen molar-refractivity contribution in [1.29, 1.82) is 0 Å². The number of hydrogen-bond acceptors (Lipinski definition) is 3. The first kappa shape index (κ1) is 18.4. The molecule has 82 valence electrons. The van der Waals surface area contributed by atoms with E-state index in [2.05, 4.69) is 20.1 Å².